The fourth-order valence-corrected chi connectivity index (χ4v) is 3.76. The van der Waals surface area contributed by atoms with Gasteiger partial charge < -0.3 is 9.84 Å². The van der Waals surface area contributed by atoms with Crippen LogP contribution < -0.4 is 9.46 Å². The Kier molecular flexibility index (Phi) is 4.84. The SMILES string of the molecule is COc1ccc(S(=O)(=O)NCC2CCCC2C(=O)O)cc1. The highest BCUT2D eigenvalue weighted by molar-refractivity contribution is 7.89. The Bertz CT molecular complexity index is 596. The summed E-state index contributed by atoms with van der Waals surface area (Å²) < 4.78 is 31.8. The van der Waals surface area contributed by atoms with Crippen LogP contribution >= 0.6 is 0 Å². The third-order valence-corrected chi connectivity index (χ3v) is 5.32. The van der Waals surface area contributed by atoms with E-state index in [9.17, 15) is 13.2 Å². The molecule has 1 fully saturated rings. The minimum absolute atomic E-state index is 0.143. The molecule has 0 saturated heterocycles. The van der Waals surface area contributed by atoms with Crippen molar-refractivity contribution in [3.63, 3.8) is 0 Å². The fraction of sp³-hybridized carbons (Fsp3) is 0.500. The number of sulfonamides is 1. The number of ether oxygens (including phenoxy) is 1. The van der Waals surface area contributed by atoms with E-state index in [0.29, 0.717) is 12.2 Å². The molecule has 2 unspecified atom stereocenters. The van der Waals surface area contributed by atoms with Gasteiger partial charge in [0.15, 0.2) is 0 Å². The number of aliphatic carboxylic acids is 1. The third-order valence-electron chi connectivity index (χ3n) is 3.88. The van der Waals surface area contributed by atoms with Crippen LogP contribution in [0.1, 0.15) is 19.3 Å². The van der Waals surface area contributed by atoms with Gasteiger partial charge in [-0.3, -0.25) is 4.79 Å². The number of hydrogen-bond donors (Lipinski definition) is 2. The van der Waals surface area contributed by atoms with E-state index in [4.69, 9.17) is 9.84 Å². The molecule has 21 heavy (non-hydrogen) atoms. The molecule has 2 N–H and O–H groups in total. The highest BCUT2D eigenvalue weighted by Crippen LogP contribution is 2.31. The molecule has 0 spiro atoms. The van der Waals surface area contributed by atoms with Gasteiger partial charge >= 0.3 is 5.97 Å². The number of methoxy groups -OCH3 is 1. The molecule has 0 bridgehead atoms. The van der Waals surface area contributed by atoms with Crippen LogP contribution in [-0.2, 0) is 14.8 Å². The number of carbonyl (C=O) groups is 1. The molecule has 2 atom stereocenters. The first-order valence-corrected chi connectivity index (χ1v) is 8.29. The Hall–Kier alpha value is -1.60. The van der Waals surface area contributed by atoms with Crippen LogP contribution in [0.5, 0.6) is 5.75 Å². The van der Waals surface area contributed by atoms with E-state index >= 15 is 0 Å². The molecule has 0 aliphatic heterocycles. The highest BCUT2D eigenvalue weighted by atomic mass is 32.2. The molecule has 0 aromatic heterocycles. The van der Waals surface area contributed by atoms with Gasteiger partial charge in [0.2, 0.25) is 10.0 Å². The molecule has 2 rings (SSSR count). The quantitative estimate of drug-likeness (QED) is 0.829. The minimum atomic E-state index is -3.62. The standard InChI is InChI=1S/C14H19NO5S/c1-20-11-5-7-12(8-6-11)21(18,19)15-9-10-3-2-4-13(10)14(16)17/h5-8,10,13,15H,2-4,9H2,1H3,(H,16,17). The fourth-order valence-electron chi connectivity index (χ4n) is 2.66. The van der Waals surface area contributed by atoms with Crippen molar-refractivity contribution in [1.82, 2.24) is 4.72 Å². The van der Waals surface area contributed by atoms with Crippen molar-refractivity contribution in [2.75, 3.05) is 13.7 Å². The molecule has 0 amide bonds. The summed E-state index contributed by atoms with van der Waals surface area (Å²) in [6.07, 6.45) is 2.18. The monoisotopic (exact) mass is 313 g/mol. The van der Waals surface area contributed by atoms with Crippen molar-refractivity contribution in [3.8, 4) is 5.75 Å². The summed E-state index contributed by atoms with van der Waals surface area (Å²) in [5, 5.41) is 9.10. The van der Waals surface area contributed by atoms with Crippen LogP contribution in [0.15, 0.2) is 29.2 Å². The first-order valence-electron chi connectivity index (χ1n) is 6.80. The van der Waals surface area contributed by atoms with Crippen molar-refractivity contribution in [2.24, 2.45) is 11.8 Å². The molecule has 6 nitrogen and oxygen atoms in total. The Morgan fingerprint density at radius 2 is 2.00 bits per heavy atom. The molecular formula is C14H19NO5S. The molecule has 7 heteroatoms. The first-order chi connectivity index (χ1) is 9.94. The van der Waals surface area contributed by atoms with Crippen molar-refractivity contribution in [2.45, 2.75) is 24.2 Å². The summed E-state index contributed by atoms with van der Waals surface area (Å²) in [6.45, 7) is 0.158. The van der Waals surface area contributed by atoms with Gasteiger partial charge in [-0.05, 0) is 43.0 Å². The van der Waals surface area contributed by atoms with E-state index in [1.165, 1.54) is 19.2 Å². The highest BCUT2D eigenvalue weighted by Gasteiger charge is 2.33. The maximum atomic E-state index is 12.2. The number of carboxylic acids is 1. The Morgan fingerprint density at radius 3 is 2.57 bits per heavy atom. The second kappa shape index (κ2) is 6.44. The molecule has 1 aromatic rings. The molecule has 1 saturated carbocycles. The number of rotatable bonds is 6. The zero-order valence-electron chi connectivity index (χ0n) is 11.8. The van der Waals surface area contributed by atoms with E-state index in [2.05, 4.69) is 4.72 Å². The summed E-state index contributed by atoms with van der Waals surface area (Å²) in [5.74, 6) is -0.865. The maximum absolute atomic E-state index is 12.2. The number of benzene rings is 1. The number of nitrogens with one attached hydrogen (secondary N) is 1. The summed E-state index contributed by atoms with van der Waals surface area (Å²) in [5.41, 5.74) is 0. The van der Waals surface area contributed by atoms with Crippen molar-refractivity contribution >= 4 is 16.0 Å². The lowest BCUT2D eigenvalue weighted by molar-refractivity contribution is -0.142. The Balaban J connectivity index is 2.02. The summed E-state index contributed by atoms with van der Waals surface area (Å²) in [4.78, 5) is 11.2. The van der Waals surface area contributed by atoms with E-state index < -0.39 is 21.9 Å². The van der Waals surface area contributed by atoms with Gasteiger partial charge in [-0.2, -0.15) is 0 Å². The van der Waals surface area contributed by atoms with Gasteiger partial charge in [0.05, 0.1) is 17.9 Å². The van der Waals surface area contributed by atoms with Crippen LogP contribution in [-0.4, -0.2) is 33.1 Å². The zero-order chi connectivity index (χ0) is 15.5. The molecule has 1 aromatic carbocycles. The van der Waals surface area contributed by atoms with Gasteiger partial charge in [-0.15, -0.1) is 0 Å². The second-order valence-electron chi connectivity index (χ2n) is 5.16. The lowest BCUT2D eigenvalue weighted by Crippen LogP contribution is -2.33. The summed E-state index contributed by atoms with van der Waals surface area (Å²) >= 11 is 0. The normalized spacial score (nSPS) is 22.1. The van der Waals surface area contributed by atoms with Gasteiger partial charge in [0.25, 0.3) is 0 Å². The predicted molar refractivity (Wildman–Crippen MR) is 76.6 cm³/mol. The van der Waals surface area contributed by atoms with Crippen LogP contribution in [0.4, 0.5) is 0 Å². The molecule has 0 heterocycles. The van der Waals surface area contributed by atoms with E-state index in [0.717, 1.165) is 12.8 Å². The molecule has 116 valence electrons. The van der Waals surface area contributed by atoms with Gasteiger partial charge in [-0.1, -0.05) is 6.42 Å². The molecule has 0 radical (unpaired) electrons. The van der Waals surface area contributed by atoms with Gasteiger partial charge in [-0.25, -0.2) is 13.1 Å². The largest absolute Gasteiger partial charge is 0.497 e. The smallest absolute Gasteiger partial charge is 0.306 e. The number of hydrogen-bond acceptors (Lipinski definition) is 4. The van der Waals surface area contributed by atoms with Gasteiger partial charge in [0, 0.05) is 6.54 Å². The lowest BCUT2D eigenvalue weighted by Gasteiger charge is -2.16. The van der Waals surface area contributed by atoms with Gasteiger partial charge in [0.1, 0.15) is 5.75 Å². The Morgan fingerprint density at radius 1 is 1.33 bits per heavy atom. The van der Waals surface area contributed by atoms with Crippen LogP contribution in [0.2, 0.25) is 0 Å². The minimum Gasteiger partial charge on any atom is -0.497 e. The molecule has 1 aliphatic carbocycles. The predicted octanol–water partition coefficient (Wildman–Crippen LogP) is 1.47. The Labute approximate surface area is 124 Å². The first kappa shape index (κ1) is 15.8. The van der Waals surface area contributed by atoms with Crippen molar-refractivity contribution in [3.05, 3.63) is 24.3 Å². The van der Waals surface area contributed by atoms with E-state index in [1.54, 1.807) is 12.1 Å². The zero-order valence-corrected chi connectivity index (χ0v) is 12.6. The average Bonchev–Trinajstić information content (AvgIpc) is 2.94. The van der Waals surface area contributed by atoms with Crippen LogP contribution in [0.25, 0.3) is 0 Å². The van der Waals surface area contributed by atoms with Crippen molar-refractivity contribution < 1.29 is 23.1 Å². The molecular weight excluding hydrogens is 294 g/mol. The summed E-state index contributed by atoms with van der Waals surface area (Å²) in [7, 11) is -2.11. The lowest BCUT2D eigenvalue weighted by atomic mass is 9.97. The third kappa shape index (κ3) is 3.74. The van der Waals surface area contributed by atoms with Crippen LogP contribution in [0, 0.1) is 11.8 Å². The summed E-state index contributed by atoms with van der Waals surface area (Å²) in [6, 6.07) is 6.07. The topological polar surface area (TPSA) is 92.7 Å². The van der Waals surface area contributed by atoms with E-state index in [-0.39, 0.29) is 17.4 Å². The molecule has 1 aliphatic rings. The van der Waals surface area contributed by atoms with Crippen LogP contribution in [0.3, 0.4) is 0 Å². The van der Waals surface area contributed by atoms with E-state index in [1.807, 2.05) is 0 Å². The van der Waals surface area contributed by atoms with Crippen molar-refractivity contribution in [1.29, 1.82) is 0 Å². The second-order valence-corrected chi connectivity index (χ2v) is 6.93. The number of carboxylic acid groups (broad SMARTS) is 1. The average molecular weight is 313 g/mol. The maximum Gasteiger partial charge on any atom is 0.306 e.